The van der Waals surface area contributed by atoms with Crippen molar-refractivity contribution in [2.24, 2.45) is 50.2 Å². The molecule has 1 amide bonds. The molecule has 0 radical (unpaired) electrons. The van der Waals surface area contributed by atoms with Crippen LogP contribution in [0.2, 0.25) is 0 Å². The standard InChI is InChI=1S/C59H95NO20/c1-31-48(78-50-46(72)43(69)34(63)29-75-50)45(71)47(73)51(76-31)79-49-44(70)42(60-40(66)16-14-12-10-8-9-11-13-15-17-41(67)68)35(28-61)77-52(49)80-53(74)59-25-24-54(2,3)26-33(59)32-18-19-37-55(4)22-21-38(64)56(5,30-62)36(55)20-23-57(37,6)58(32,7)27-39(59)65/h18,30-31,33-39,42-52,61,63-65,69-73H,8-17,19-29H2,1-7H3,(H,60,66)(H,67,68)/t31-,33?,34-,35-,36-,37?,38?,39+,42?,43?,44?,45?,46?,47?,48?,49?,50+,51+,52+,55?,56?,57-,58-,59?/m1/s1. The maximum absolute atomic E-state index is 15.7. The van der Waals surface area contributed by atoms with Crippen molar-refractivity contribution >= 4 is 24.1 Å². The van der Waals surface area contributed by atoms with E-state index >= 15 is 4.79 Å². The number of unbranched alkanes of at least 4 members (excludes halogenated alkanes) is 7. The summed E-state index contributed by atoms with van der Waals surface area (Å²) in [7, 11) is 0. The zero-order valence-electron chi connectivity index (χ0n) is 48.0. The number of allylic oxidation sites excluding steroid dienone is 2. The number of hydrogen-bond donors (Lipinski definition) is 11. The number of carbonyl (C=O) groups excluding carboxylic acids is 3. The third kappa shape index (κ3) is 11.6. The summed E-state index contributed by atoms with van der Waals surface area (Å²) >= 11 is 0. The topological polar surface area (TPSA) is 338 Å². The number of carbonyl (C=O) groups is 4. The number of aliphatic carboxylic acids is 1. The van der Waals surface area contributed by atoms with E-state index < -0.39 is 151 Å². The lowest BCUT2D eigenvalue weighted by Crippen LogP contribution is -2.69. The van der Waals surface area contributed by atoms with Crippen LogP contribution in [-0.4, -0.2) is 187 Å². The van der Waals surface area contributed by atoms with Crippen molar-refractivity contribution in [2.75, 3.05) is 13.2 Å². The Morgan fingerprint density at radius 2 is 1.34 bits per heavy atom. The van der Waals surface area contributed by atoms with Crippen molar-refractivity contribution in [1.29, 1.82) is 0 Å². The SMILES string of the molecule is C[C@H]1O[C@@H](OC2C(O)C(NC(=O)CCCCCCCCCCC(=O)O)[C@@H](CO)O[C@H]2OC(=O)C23CCC(C)(C)CC2C2=CCC4C5(C)CCC(O)C(C)(C=O)[C@@H]5CC[C@@]4(C)[C@]2(C)C[C@@H]3O)C(O)C(O)C1O[C@@H]1OC[C@@H](O)C(O)C1O. The highest BCUT2D eigenvalue weighted by atomic mass is 16.8. The maximum Gasteiger partial charge on any atom is 0.317 e. The molecule has 4 saturated carbocycles. The van der Waals surface area contributed by atoms with Crippen molar-refractivity contribution in [2.45, 2.75) is 269 Å². The first-order valence-electron chi connectivity index (χ1n) is 29.8. The predicted octanol–water partition coefficient (Wildman–Crippen LogP) is 3.07. The first-order valence-corrected chi connectivity index (χ1v) is 29.8. The van der Waals surface area contributed by atoms with Gasteiger partial charge in [-0.25, -0.2) is 0 Å². The quantitative estimate of drug-likeness (QED) is 0.0361. The van der Waals surface area contributed by atoms with Gasteiger partial charge in [-0.15, -0.1) is 0 Å². The van der Waals surface area contributed by atoms with Gasteiger partial charge >= 0.3 is 11.9 Å². The van der Waals surface area contributed by atoms with Gasteiger partial charge in [-0.05, 0) is 117 Å². The second-order valence-corrected chi connectivity index (χ2v) is 27.1. The normalized spacial score (nSPS) is 47.0. The van der Waals surface area contributed by atoms with E-state index in [0.29, 0.717) is 44.9 Å². The number of nitrogens with one attached hydrogen (secondary N) is 1. The van der Waals surface area contributed by atoms with Crippen LogP contribution in [0.1, 0.15) is 170 Å². The molecule has 14 unspecified atom stereocenters. The molecule has 5 aliphatic carbocycles. The summed E-state index contributed by atoms with van der Waals surface area (Å²) in [4.78, 5) is 52.9. The van der Waals surface area contributed by atoms with Crippen LogP contribution < -0.4 is 5.32 Å². The summed E-state index contributed by atoms with van der Waals surface area (Å²) in [6.07, 6.45) is -8.54. The van der Waals surface area contributed by atoms with E-state index in [4.69, 9.17) is 33.5 Å². The van der Waals surface area contributed by atoms with Crippen molar-refractivity contribution in [3.05, 3.63) is 11.6 Å². The largest absolute Gasteiger partial charge is 0.481 e. The molecule has 0 bridgehead atoms. The summed E-state index contributed by atoms with van der Waals surface area (Å²) in [5, 5.41) is 113. The Hall–Kier alpha value is -2.74. The minimum absolute atomic E-state index is 0.0471. The van der Waals surface area contributed by atoms with E-state index in [1.807, 2.05) is 6.92 Å². The van der Waals surface area contributed by atoms with E-state index in [0.717, 1.165) is 63.2 Å². The number of carboxylic acids is 1. The molecule has 0 aromatic rings. The molecule has 7 fully saturated rings. The monoisotopic (exact) mass is 1140 g/mol. The van der Waals surface area contributed by atoms with Crippen LogP contribution in [0.15, 0.2) is 11.6 Å². The molecule has 24 atom stereocenters. The van der Waals surface area contributed by atoms with Crippen LogP contribution in [0, 0.1) is 50.2 Å². The molecular formula is C59H95NO20. The summed E-state index contributed by atoms with van der Waals surface area (Å²) in [5.41, 5.74) is -2.89. The molecule has 21 nitrogen and oxygen atoms in total. The molecule has 0 spiro atoms. The third-order valence-electron chi connectivity index (χ3n) is 21.8. The molecule has 0 aromatic carbocycles. The van der Waals surface area contributed by atoms with E-state index in [1.165, 1.54) is 6.92 Å². The number of amides is 1. The number of aliphatic hydroxyl groups excluding tert-OH is 9. The maximum atomic E-state index is 15.7. The van der Waals surface area contributed by atoms with E-state index in [1.54, 1.807) is 0 Å². The second-order valence-electron chi connectivity index (χ2n) is 27.1. The van der Waals surface area contributed by atoms with Gasteiger partial charge in [-0.1, -0.05) is 91.7 Å². The number of aliphatic hydroxyl groups is 9. The van der Waals surface area contributed by atoms with Gasteiger partial charge in [0.05, 0.1) is 43.0 Å². The second kappa shape index (κ2) is 24.7. The van der Waals surface area contributed by atoms with Gasteiger partial charge in [-0.3, -0.25) is 14.4 Å². The number of rotatable bonds is 20. The van der Waals surface area contributed by atoms with Crippen LogP contribution in [-0.2, 0) is 47.6 Å². The lowest BCUT2D eigenvalue weighted by Gasteiger charge is -2.71. The van der Waals surface area contributed by atoms with Crippen molar-refractivity contribution in [1.82, 2.24) is 5.32 Å². The molecule has 8 rings (SSSR count). The number of carboxylic acid groups (broad SMARTS) is 1. The van der Waals surface area contributed by atoms with Gasteiger partial charge in [0.2, 0.25) is 12.2 Å². The first-order chi connectivity index (χ1) is 37.6. The zero-order chi connectivity index (χ0) is 58.5. The minimum atomic E-state index is -1.95. The van der Waals surface area contributed by atoms with Gasteiger partial charge in [0.25, 0.3) is 0 Å². The van der Waals surface area contributed by atoms with Crippen molar-refractivity contribution in [3.63, 3.8) is 0 Å². The Morgan fingerprint density at radius 3 is 1.99 bits per heavy atom. The van der Waals surface area contributed by atoms with Gasteiger partial charge in [0.1, 0.15) is 60.5 Å². The number of ether oxygens (including phenoxy) is 6. The zero-order valence-corrected chi connectivity index (χ0v) is 48.0. The average molecular weight is 1140 g/mol. The fraction of sp³-hybridized carbons (Fsp3) is 0.898. The van der Waals surface area contributed by atoms with Crippen molar-refractivity contribution in [3.8, 4) is 0 Å². The van der Waals surface area contributed by atoms with Gasteiger partial charge in [0, 0.05) is 12.8 Å². The van der Waals surface area contributed by atoms with Crippen LogP contribution in [0.5, 0.6) is 0 Å². The number of aldehydes is 1. The fourth-order valence-corrected chi connectivity index (χ4v) is 16.7. The van der Waals surface area contributed by atoms with E-state index in [-0.39, 0.29) is 53.8 Å². The van der Waals surface area contributed by atoms with Crippen LogP contribution in [0.25, 0.3) is 0 Å². The molecule has 80 heavy (non-hydrogen) atoms. The summed E-state index contributed by atoms with van der Waals surface area (Å²) in [6.45, 7) is 13.3. The fourth-order valence-electron chi connectivity index (χ4n) is 16.7. The van der Waals surface area contributed by atoms with Gasteiger partial charge in [0.15, 0.2) is 18.7 Å². The lowest BCUT2D eigenvalue weighted by molar-refractivity contribution is -0.370. The highest BCUT2D eigenvalue weighted by Gasteiger charge is 2.72. The van der Waals surface area contributed by atoms with E-state index in [9.17, 15) is 60.3 Å². The van der Waals surface area contributed by atoms with E-state index in [2.05, 4.69) is 46.0 Å². The molecular weight excluding hydrogens is 1040 g/mol. The molecule has 3 saturated heterocycles. The van der Waals surface area contributed by atoms with Gasteiger partial charge in [-0.2, -0.15) is 0 Å². The minimum Gasteiger partial charge on any atom is -0.481 e. The third-order valence-corrected chi connectivity index (χ3v) is 21.8. The molecule has 8 aliphatic rings. The highest BCUT2D eigenvalue weighted by Crippen LogP contribution is 2.76. The molecule has 456 valence electrons. The van der Waals surface area contributed by atoms with Crippen molar-refractivity contribution < 1.29 is 98.7 Å². The Kier molecular flexibility index (Phi) is 19.5. The number of hydrogen-bond acceptors (Lipinski definition) is 19. The Labute approximate surface area is 470 Å². The molecule has 0 aromatic heterocycles. The number of esters is 1. The summed E-state index contributed by atoms with van der Waals surface area (Å²) < 4.78 is 36.4. The Morgan fingerprint density at radius 1 is 0.700 bits per heavy atom. The molecule has 3 aliphatic heterocycles. The van der Waals surface area contributed by atoms with Gasteiger partial charge < -0.3 is 89.6 Å². The number of fused-ring (bicyclic) bond motifs is 7. The van der Waals surface area contributed by atoms with Crippen LogP contribution >= 0.6 is 0 Å². The lowest BCUT2D eigenvalue weighted by atomic mass is 9.33. The molecule has 11 N–H and O–H groups in total. The highest BCUT2D eigenvalue weighted by molar-refractivity contribution is 5.80. The smallest absolute Gasteiger partial charge is 0.317 e. The predicted molar refractivity (Wildman–Crippen MR) is 284 cm³/mol. The van der Waals surface area contributed by atoms with Crippen LogP contribution in [0.4, 0.5) is 0 Å². The van der Waals surface area contributed by atoms with Crippen LogP contribution in [0.3, 0.4) is 0 Å². The summed E-state index contributed by atoms with van der Waals surface area (Å²) in [6, 6.07) is -1.36. The Balaban J connectivity index is 1.04. The average Bonchev–Trinajstić information content (AvgIpc) is 3.42. The summed E-state index contributed by atoms with van der Waals surface area (Å²) in [5.74, 6) is -2.57. The first kappa shape index (κ1) is 63.3. The molecule has 3 heterocycles. The Bertz CT molecular complexity index is 2220. The molecule has 21 heteroatoms.